The standard InChI is InChI=1S/C71H43N3/c1-3-19-44(20-4-1)48-39-49(45-21-5-2-6-22-45)41-50(40-48)69-73-67(46-35-37-57-55-27-11-17-33-63(55)70(65(57)42-46)59-29-13-7-23-51(59)52-24-8-14-30-60(52)70)72-68(74-69)47-36-38-58-56-28-12-18-34-64(56)71(66(58)43-47)61-31-15-9-25-53(61)54-26-10-16-32-62(54)71/h1-43H. The van der Waals surface area contributed by atoms with Gasteiger partial charge < -0.3 is 0 Å². The summed E-state index contributed by atoms with van der Waals surface area (Å²) in [5, 5.41) is 0. The quantitative estimate of drug-likeness (QED) is 0.173. The summed E-state index contributed by atoms with van der Waals surface area (Å²) in [4.78, 5) is 16.7. The number of fused-ring (bicyclic) bond motifs is 20. The number of rotatable bonds is 5. The first-order chi connectivity index (χ1) is 36.7. The molecule has 0 radical (unpaired) electrons. The van der Waals surface area contributed by atoms with Crippen LogP contribution in [0.1, 0.15) is 44.5 Å². The van der Waals surface area contributed by atoms with Gasteiger partial charge in [0.1, 0.15) is 0 Å². The molecule has 74 heavy (non-hydrogen) atoms. The Balaban J connectivity index is 0.956. The molecule has 4 aliphatic carbocycles. The van der Waals surface area contributed by atoms with Crippen molar-refractivity contribution in [3.63, 3.8) is 0 Å². The van der Waals surface area contributed by atoms with E-state index in [1.807, 2.05) is 0 Å². The Hall–Kier alpha value is -9.57. The van der Waals surface area contributed by atoms with E-state index in [1.54, 1.807) is 0 Å². The molecule has 2 spiro atoms. The van der Waals surface area contributed by atoms with Gasteiger partial charge in [-0.1, -0.05) is 231 Å². The maximum absolute atomic E-state index is 5.59. The number of hydrogen-bond donors (Lipinski definition) is 0. The molecular formula is C71H43N3. The number of hydrogen-bond acceptors (Lipinski definition) is 3. The Bertz CT molecular complexity index is 3930. The fourth-order valence-corrected chi connectivity index (χ4v) is 13.6. The molecule has 1 aromatic heterocycles. The minimum Gasteiger partial charge on any atom is -0.208 e. The molecule has 12 aromatic rings. The first-order valence-electron chi connectivity index (χ1n) is 25.6. The SMILES string of the molecule is c1ccc(-c2cc(-c3ccccc3)cc(-c3nc(-c4ccc5c(c4)C4(c6ccccc6-c6ccccc64)c4ccccc4-5)nc(-c4ccc5c(c4)C4(c6ccccc6-c6ccccc64)c4ccccc4-5)n3)c2)cc1. The molecular weight excluding hydrogens is 895 g/mol. The smallest absolute Gasteiger partial charge is 0.164 e. The van der Waals surface area contributed by atoms with E-state index in [-0.39, 0.29) is 0 Å². The summed E-state index contributed by atoms with van der Waals surface area (Å²) < 4.78 is 0. The van der Waals surface area contributed by atoms with Crippen LogP contribution in [0.5, 0.6) is 0 Å². The van der Waals surface area contributed by atoms with Crippen LogP contribution >= 0.6 is 0 Å². The van der Waals surface area contributed by atoms with Crippen molar-refractivity contribution in [2.75, 3.05) is 0 Å². The fourth-order valence-electron chi connectivity index (χ4n) is 13.6. The molecule has 0 amide bonds. The van der Waals surface area contributed by atoms with Crippen molar-refractivity contribution in [3.05, 3.63) is 305 Å². The van der Waals surface area contributed by atoms with E-state index in [4.69, 9.17) is 15.0 Å². The summed E-state index contributed by atoms with van der Waals surface area (Å²) in [6.07, 6.45) is 0. The van der Waals surface area contributed by atoms with Crippen LogP contribution in [0.3, 0.4) is 0 Å². The van der Waals surface area contributed by atoms with Gasteiger partial charge in [0, 0.05) is 16.7 Å². The van der Waals surface area contributed by atoms with Crippen LogP contribution in [0.25, 0.3) is 101 Å². The van der Waals surface area contributed by atoms with Crippen molar-refractivity contribution >= 4 is 0 Å². The molecule has 0 saturated carbocycles. The summed E-state index contributed by atoms with van der Waals surface area (Å²) >= 11 is 0. The second-order valence-electron chi connectivity index (χ2n) is 20.1. The molecule has 0 atom stereocenters. The van der Waals surface area contributed by atoms with Crippen LogP contribution in [-0.2, 0) is 10.8 Å². The van der Waals surface area contributed by atoms with Crippen LogP contribution in [0.4, 0.5) is 0 Å². The van der Waals surface area contributed by atoms with E-state index in [0.717, 1.165) is 38.9 Å². The van der Waals surface area contributed by atoms with Crippen LogP contribution in [0.15, 0.2) is 261 Å². The molecule has 1 heterocycles. The van der Waals surface area contributed by atoms with Crippen LogP contribution in [0.2, 0.25) is 0 Å². The van der Waals surface area contributed by atoms with E-state index in [9.17, 15) is 0 Å². The Morgan fingerprint density at radius 2 is 0.432 bits per heavy atom. The monoisotopic (exact) mass is 937 g/mol. The van der Waals surface area contributed by atoms with Crippen molar-refractivity contribution in [3.8, 4) is 101 Å². The van der Waals surface area contributed by atoms with E-state index >= 15 is 0 Å². The van der Waals surface area contributed by atoms with Crippen molar-refractivity contribution < 1.29 is 0 Å². The van der Waals surface area contributed by atoms with Crippen molar-refractivity contribution in [2.24, 2.45) is 0 Å². The average Bonchev–Trinajstić information content (AvgIpc) is 4.16. The molecule has 342 valence electrons. The summed E-state index contributed by atoms with van der Waals surface area (Å²) in [6, 6.07) is 95.7. The molecule has 0 saturated heterocycles. The van der Waals surface area contributed by atoms with Gasteiger partial charge in [-0.25, -0.2) is 15.0 Å². The third-order valence-electron chi connectivity index (χ3n) is 16.6. The fraction of sp³-hybridized carbons (Fsp3) is 0.0282. The first kappa shape index (κ1) is 41.1. The van der Waals surface area contributed by atoms with Gasteiger partial charge in [0.25, 0.3) is 0 Å². The molecule has 3 heteroatoms. The van der Waals surface area contributed by atoms with Gasteiger partial charge in [-0.3, -0.25) is 0 Å². The van der Waals surface area contributed by atoms with Gasteiger partial charge in [0.2, 0.25) is 0 Å². The average molecular weight is 938 g/mol. The van der Waals surface area contributed by atoms with Crippen molar-refractivity contribution in [1.29, 1.82) is 0 Å². The molecule has 4 aliphatic rings. The molecule has 11 aromatic carbocycles. The lowest BCUT2D eigenvalue weighted by Crippen LogP contribution is -2.26. The summed E-state index contributed by atoms with van der Waals surface area (Å²) in [6.45, 7) is 0. The molecule has 0 unspecified atom stereocenters. The number of benzene rings is 11. The highest BCUT2D eigenvalue weighted by Gasteiger charge is 2.53. The molecule has 0 aliphatic heterocycles. The normalized spacial score (nSPS) is 13.9. The maximum atomic E-state index is 5.59. The topological polar surface area (TPSA) is 38.7 Å². The van der Waals surface area contributed by atoms with Gasteiger partial charge in [-0.2, -0.15) is 0 Å². The highest BCUT2D eigenvalue weighted by molar-refractivity contribution is 5.98. The third-order valence-corrected chi connectivity index (χ3v) is 16.6. The van der Waals surface area contributed by atoms with Crippen LogP contribution in [-0.4, -0.2) is 15.0 Å². The number of aromatic nitrogens is 3. The van der Waals surface area contributed by atoms with Crippen molar-refractivity contribution in [1.82, 2.24) is 15.0 Å². The Labute approximate surface area is 429 Å². The van der Waals surface area contributed by atoms with E-state index in [2.05, 4.69) is 261 Å². The Morgan fingerprint density at radius 1 is 0.176 bits per heavy atom. The van der Waals surface area contributed by atoms with Gasteiger partial charge in [0.05, 0.1) is 10.8 Å². The highest BCUT2D eigenvalue weighted by Crippen LogP contribution is 2.65. The van der Waals surface area contributed by atoms with Gasteiger partial charge >= 0.3 is 0 Å². The third kappa shape index (κ3) is 5.53. The maximum Gasteiger partial charge on any atom is 0.164 e. The van der Waals surface area contributed by atoms with E-state index < -0.39 is 10.8 Å². The summed E-state index contributed by atoms with van der Waals surface area (Å²) in [5.41, 5.74) is 26.6. The summed E-state index contributed by atoms with van der Waals surface area (Å²) in [5.74, 6) is 1.87. The second-order valence-corrected chi connectivity index (χ2v) is 20.1. The largest absolute Gasteiger partial charge is 0.208 e. The first-order valence-corrected chi connectivity index (χ1v) is 25.6. The van der Waals surface area contributed by atoms with Crippen LogP contribution in [0, 0.1) is 0 Å². The minimum absolute atomic E-state index is 0.514. The highest BCUT2D eigenvalue weighted by atomic mass is 15.0. The lowest BCUT2D eigenvalue weighted by molar-refractivity contribution is 0.793. The van der Waals surface area contributed by atoms with Gasteiger partial charge in [0.15, 0.2) is 17.5 Å². The molecule has 16 rings (SSSR count). The van der Waals surface area contributed by atoms with Crippen molar-refractivity contribution in [2.45, 2.75) is 10.8 Å². The molecule has 0 N–H and O–H groups in total. The zero-order valence-corrected chi connectivity index (χ0v) is 40.2. The molecule has 0 fully saturated rings. The van der Waals surface area contributed by atoms with E-state index in [0.29, 0.717) is 17.5 Å². The zero-order valence-electron chi connectivity index (χ0n) is 40.2. The van der Waals surface area contributed by atoms with E-state index in [1.165, 1.54) is 89.0 Å². The Morgan fingerprint density at radius 3 is 0.757 bits per heavy atom. The molecule has 3 nitrogen and oxygen atoms in total. The number of nitrogens with zero attached hydrogens (tertiary/aromatic N) is 3. The van der Waals surface area contributed by atoms with Gasteiger partial charge in [-0.15, -0.1) is 0 Å². The zero-order chi connectivity index (χ0) is 48.5. The predicted molar refractivity (Wildman–Crippen MR) is 300 cm³/mol. The second kappa shape index (κ2) is 15.5. The minimum atomic E-state index is -0.514. The van der Waals surface area contributed by atoms with Crippen LogP contribution < -0.4 is 0 Å². The lowest BCUT2D eigenvalue weighted by Gasteiger charge is -2.30. The summed E-state index contributed by atoms with van der Waals surface area (Å²) in [7, 11) is 0. The lowest BCUT2D eigenvalue weighted by atomic mass is 9.70. The van der Waals surface area contributed by atoms with Gasteiger partial charge in [-0.05, 0) is 142 Å². The predicted octanol–water partition coefficient (Wildman–Crippen LogP) is 16.9. The molecule has 0 bridgehead atoms. The Kier molecular flexibility index (Phi) is 8.59.